The Morgan fingerprint density at radius 3 is 2.52 bits per heavy atom. The summed E-state index contributed by atoms with van der Waals surface area (Å²) < 4.78 is 26.1. The van der Waals surface area contributed by atoms with Crippen molar-refractivity contribution >= 4 is 28.6 Å². The first-order chi connectivity index (χ1) is 21.2. The van der Waals surface area contributed by atoms with Crippen LogP contribution in [0.2, 0.25) is 5.02 Å². The van der Waals surface area contributed by atoms with Crippen LogP contribution in [0.3, 0.4) is 0 Å². The Morgan fingerprint density at radius 2 is 1.86 bits per heavy atom. The normalized spacial score (nSPS) is 12.4. The van der Waals surface area contributed by atoms with Crippen molar-refractivity contribution in [1.82, 2.24) is 19.9 Å². The van der Waals surface area contributed by atoms with Crippen molar-refractivity contribution in [1.29, 1.82) is 0 Å². The van der Waals surface area contributed by atoms with Gasteiger partial charge in [0.1, 0.15) is 5.65 Å². The molecule has 2 aromatic heterocycles. The molecule has 0 radical (unpaired) electrons. The molecule has 12 heteroatoms. The van der Waals surface area contributed by atoms with E-state index in [-0.39, 0.29) is 23.1 Å². The third-order valence-corrected chi connectivity index (χ3v) is 7.46. The molecule has 9 nitrogen and oxygen atoms in total. The third-order valence-electron chi connectivity index (χ3n) is 7.18. The molecule has 2 unspecified atom stereocenters. The highest BCUT2D eigenvalue weighted by Gasteiger charge is 2.16. The molecule has 0 aliphatic rings. The van der Waals surface area contributed by atoms with E-state index < -0.39 is 11.5 Å². The zero-order valence-corrected chi connectivity index (χ0v) is 26.3. The molecule has 44 heavy (non-hydrogen) atoms. The molecule has 0 aliphatic carbocycles. The Bertz CT molecular complexity index is 1580. The van der Waals surface area contributed by atoms with Crippen molar-refractivity contribution in [2.45, 2.75) is 64.5 Å². The molecule has 0 aliphatic heterocycles. The number of benzene rings is 2. The SMILES string of the molecule is CCCC(NCCCN=C(N)N)c1ccc(-n2cc3cc(-c4cc(CCCC(C)N)cc(Cl)c4F)[nH]c3nc2=O)cc1.CF. The van der Waals surface area contributed by atoms with Crippen molar-refractivity contribution in [3.8, 4) is 16.9 Å². The molecule has 238 valence electrons. The van der Waals surface area contributed by atoms with E-state index in [0.717, 1.165) is 56.2 Å². The second-order valence-electron chi connectivity index (χ2n) is 10.7. The van der Waals surface area contributed by atoms with Gasteiger partial charge >= 0.3 is 5.69 Å². The van der Waals surface area contributed by atoms with Crippen LogP contribution in [0.25, 0.3) is 28.0 Å². The Hall–Kier alpha value is -3.80. The second-order valence-corrected chi connectivity index (χ2v) is 11.1. The lowest BCUT2D eigenvalue weighted by Gasteiger charge is -2.19. The fourth-order valence-corrected chi connectivity index (χ4v) is 5.29. The fraction of sp³-hybridized carbons (Fsp3) is 0.406. The predicted molar refractivity (Wildman–Crippen MR) is 177 cm³/mol. The molecule has 0 spiro atoms. The smallest absolute Gasteiger partial charge is 0.354 e. The van der Waals surface area contributed by atoms with Gasteiger partial charge in [-0.2, -0.15) is 4.98 Å². The summed E-state index contributed by atoms with van der Waals surface area (Å²) in [6.07, 6.45) is 7.01. The van der Waals surface area contributed by atoms with Crippen molar-refractivity contribution in [3.05, 3.63) is 81.1 Å². The second kappa shape index (κ2) is 16.9. The van der Waals surface area contributed by atoms with E-state index in [1.807, 2.05) is 31.2 Å². The van der Waals surface area contributed by atoms with Crippen molar-refractivity contribution < 1.29 is 8.78 Å². The number of aliphatic imine (C=N–C) groups is 1. The van der Waals surface area contributed by atoms with Crippen LogP contribution in [-0.2, 0) is 6.42 Å². The summed E-state index contributed by atoms with van der Waals surface area (Å²) in [6.45, 7) is 5.46. The third kappa shape index (κ3) is 9.35. The van der Waals surface area contributed by atoms with Gasteiger partial charge in [0.05, 0.1) is 23.6 Å². The van der Waals surface area contributed by atoms with Gasteiger partial charge in [-0.25, -0.2) is 9.18 Å². The number of hydrogen-bond donors (Lipinski definition) is 5. The maximum atomic E-state index is 15.1. The maximum Gasteiger partial charge on any atom is 0.354 e. The number of aromatic amines is 1. The number of halogens is 3. The zero-order valence-electron chi connectivity index (χ0n) is 25.5. The number of H-pyrrole nitrogens is 1. The van der Waals surface area contributed by atoms with Crippen molar-refractivity contribution in [2.75, 3.05) is 20.3 Å². The number of nitrogens with zero attached hydrogens (tertiary/aromatic N) is 3. The largest absolute Gasteiger partial charge is 0.370 e. The molecule has 0 saturated carbocycles. The van der Waals surface area contributed by atoms with Crippen LogP contribution >= 0.6 is 11.6 Å². The number of rotatable bonds is 14. The Labute approximate surface area is 261 Å². The van der Waals surface area contributed by atoms with Crippen LogP contribution in [0.5, 0.6) is 0 Å². The summed E-state index contributed by atoms with van der Waals surface area (Å²) >= 11 is 6.25. The number of nitrogens with one attached hydrogen (secondary N) is 2. The molecular weight excluding hydrogens is 586 g/mol. The zero-order chi connectivity index (χ0) is 32.2. The Kier molecular flexibility index (Phi) is 13.3. The van der Waals surface area contributed by atoms with Gasteiger partial charge < -0.3 is 27.5 Å². The van der Waals surface area contributed by atoms with Crippen LogP contribution in [-0.4, -0.2) is 46.8 Å². The average molecular weight is 629 g/mol. The van der Waals surface area contributed by atoms with E-state index in [1.165, 1.54) is 4.57 Å². The van der Waals surface area contributed by atoms with Gasteiger partial charge in [0.2, 0.25) is 0 Å². The molecule has 0 bridgehead atoms. The summed E-state index contributed by atoms with van der Waals surface area (Å²) in [5, 5.41) is 4.30. The summed E-state index contributed by atoms with van der Waals surface area (Å²) in [4.78, 5) is 24.4. The number of guanidine groups is 1. The first-order valence-corrected chi connectivity index (χ1v) is 15.2. The lowest BCUT2D eigenvalue weighted by molar-refractivity contribution is 0.490. The molecule has 0 amide bonds. The van der Waals surface area contributed by atoms with Gasteiger partial charge in [0, 0.05) is 35.8 Å². The Morgan fingerprint density at radius 1 is 1.14 bits per heavy atom. The number of aromatic nitrogens is 3. The lowest BCUT2D eigenvalue weighted by atomic mass is 10.0. The summed E-state index contributed by atoms with van der Waals surface area (Å²) in [6, 6.07) is 13.4. The van der Waals surface area contributed by atoms with E-state index in [0.29, 0.717) is 41.7 Å². The first-order valence-electron chi connectivity index (χ1n) is 14.8. The number of alkyl halides is 1. The monoisotopic (exact) mass is 628 g/mol. The number of hydrogen-bond acceptors (Lipinski definition) is 5. The topological polar surface area (TPSA) is 153 Å². The standard InChI is InChI=1S/C31H40ClFN8O.CH3F/c1-3-6-26(37-13-5-14-38-30(35)36)21-9-11-23(12-10-21)41-18-22-17-27(39-29(22)40-31(41)42)24-15-20(8-4-7-19(2)34)16-25(32)28(24)33;1-2/h9-12,15-19,26,37H,3-8,13-14,34H2,1-2H3,(H4,35,36,38)(H,39,40,42);1H3. The quantitative estimate of drug-likeness (QED) is 0.0704. The number of aryl methyl sites for hydroxylation is 1. The van der Waals surface area contributed by atoms with Crippen molar-refractivity contribution in [2.24, 2.45) is 22.2 Å². The minimum atomic E-state index is -0.517. The first kappa shape index (κ1) is 34.7. The molecule has 0 saturated heterocycles. The van der Waals surface area contributed by atoms with Crippen LogP contribution < -0.4 is 28.2 Å². The number of fused-ring (bicyclic) bond motifs is 1. The van der Waals surface area contributed by atoms with E-state index >= 15 is 4.39 Å². The van der Waals surface area contributed by atoms with E-state index in [2.05, 4.69) is 27.2 Å². The molecule has 2 atom stereocenters. The predicted octanol–water partition coefficient (Wildman–Crippen LogP) is 5.52. The molecule has 2 aromatic carbocycles. The van der Waals surface area contributed by atoms with Crippen LogP contribution in [0.15, 0.2) is 58.4 Å². The Balaban J connectivity index is 0.00000259. The molecule has 8 N–H and O–H groups in total. The highest BCUT2D eigenvalue weighted by Crippen LogP contribution is 2.31. The number of nitrogens with two attached hydrogens (primary N) is 3. The van der Waals surface area contributed by atoms with Gasteiger partial charge in [-0.1, -0.05) is 37.1 Å². The van der Waals surface area contributed by atoms with E-state index in [4.69, 9.17) is 28.8 Å². The molecular formula is C32H43ClF2N8O. The average Bonchev–Trinajstić information content (AvgIpc) is 3.41. The fourth-order valence-electron chi connectivity index (χ4n) is 5.04. The summed E-state index contributed by atoms with van der Waals surface area (Å²) in [7, 11) is 0.500. The van der Waals surface area contributed by atoms with Gasteiger partial charge in [0.15, 0.2) is 11.8 Å². The minimum Gasteiger partial charge on any atom is -0.370 e. The van der Waals surface area contributed by atoms with Gasteiger partial charge in [0.25, 0.3) is 0 Å². The molecule has 0 fully saturated rings. The molecule has 4 rings (SSSR count). The maximum absolute atomic E-state index is 15.1. The molecule has 2 heterocycles. The summed E-state index contributed by atoms with van der Waals surface area (Å²) in [5.74, 6) is -0.416. The van der Waals surface area contributed by atoms with Gasteiger partial charge in [-0.3, -0.25) is 13.9 Å². The lowest BCUT2D eigenvalue weighted by Crippen LogP contribution is -2.25. The van der Waals surface area contributed by atoms with Crippen LogP contribution in [0, 0.1) is 5.82 Å². The van der Waals surface area contributed by atoms with E-state index in [9.17, 15) is 9.18 Å². The minimum absolute atomic E-state index is 0.0548. The van der Waals surface area contributed by atoms with E-state index in [1.54, 1.807) is 24.4 Å². The van der Waals surface area contributed by atoms with Crippen LogP contribution in [0.1, 0.15) is 63.1 Å². The summed E-state index contributed by atoms with van der Waals surface area (Å²) in [5.41, 5.74) is 20.2. The van der Waals surface area contributed by atoms with Crippen LogP contribution in [0.4, 0.5) is 8.78 Å². The molecule has 4 aromatic rings. The van der Waals surface area contributed by atoms with Gasteiger partial charge in [-0.15, -0.1) is 0 Å². The van der Waals surface area contributed by atoms with Gasteiger partial charge in [-0.05, 0) is 87.0 Å². The van der Waals surface area contributed by atoms with Crippen molar-refractivity contribution in [3.63, 3.8) is 0 Å². The highest BCUT2D eigenvalue weighted by atomic mass is 35.5. The highest BCUT2D eigenvalue weighted by molar-refractivity contribution is 6.31.